The summed E-state index contributed by atoms with van der Waals surface area (Å²) in [5.74, 6) is 1.68. The fraction of sp³-hybridized carbons (Fsp3) is 0.368. The molecule has 0 aromatic heterocycles. The molecule has 5 nitrogen and oxygen atoms in total. The minimum atomic E-state index is -0.182. The van der Waals surface area contributed by atoms with Crippen LogP contribution in [0.15, 0.2) is 47.6 Å². The molecule has 24 heavy (non-hydrogen) atoms. The fourth-order valence-corrected chi connectivity index (χ4v) is 3.52. The first-order valence-corrected chi connectivity index (χ1v) is 8.09. The molecule has 2 unspecified atom stereocenters. The first-order chi connectivity index (χ1) is 11.8. The maximum Gasteiger partial charge on any atom is 0.161 e. The number of benzene rings is 2. The van der Waals surface area contributed by atoms with Crippen LogP contribution < -0.4 is 9.47 Å². The number of fused-ring (bicyclic) bond motifs is 1. The summed E-state index contributed by atoms with van der Waals surface area (Å²) in [4.78, 5) is 3.10. The van der Waals surface area contributed by atoms with Crippen LogP contribution in [0.25, 0.3) is 10.4 Å². The van der Waals surface area contributed by atoms with Crippen molar-refractivity contribution in [3.63, 3.8) is 0 Å². The Morgan fingerprint density at radius 2 is 1.83 bits per heavy atom. The lowest BCUT2D eigenvalue weighted by atomic mass is 9.77. The van der Waals surface area contributed by atoms with Crippen LogP contribution in [0, 0.1) is 5.92 Å². The van der Waals surface area contributed by atoms with Crippen molar-refractivity contribution < 1.29 is 9.47 Å². The highest BCUT2D eigenvalue weighted by Gasteiger charge is 2.30. The van der Waals surface area contributed by atoms with Crippen molar-refractivity contribution in [2.75, 3.05) is 14.2 Å². The minimum Gasteiger partial charge on any atom is -0.493 e. The molecule has 2 aromatic carbocycles. The number of hydrogen-bond donors (Lipinski definition) is 0. The third-order valence-electron chi connectivity index (χ3n) is 4.71. The van der Waals surface area contributed by atoms with Gasteiger partial charge in [-0.1, -0.05) is 35.4 Å². The van der Waals surface area contributed by atoms with Crippen LogP contribution in [0.2, 0.25) is 0 Å². The summed E-state index contributed by atoms with van der Waals surface area (Å²) in [6.45, 7) is 0. The normalized spacial score (nSPS) is 19.1. The molecule has 0 saturated heterocycles. The standard InChI is InChI=1S/C19H21N3O2/c1-23-17-11-14-8-9-15(10-13-6-4-3-5-7-13)19(21-22-20)16(14)12-18(17)24-2/h3-7,11-12,15,19H,8-10H2,1-2H3. The maximum absolute atomic E-state index is 9.06. The molecule has 0 saturated carbocycles. The maximum atomic E-state index is 9.06. The molecule has 0 N–H and O–H groups in total. The molecule has 124 valence electrons. The van der Waals surface area contributed by atoms with Crippen LogP contribution in [-0.2, 0) is 12.8 Å². The molecular weight excluding hydrogens is 302 g/mol. The average Bonchev–Trinajstić information content (AvgIpc) is 2.63. The van der Waals surface area contributed by atoms with Crippen molar-refractivity contribution in [3.05, 3.63) is 69.6 Å². The van der Waals surface area contributed by atoms with Crippen LogP contribution in [0.4, 0.5) is 0 Å². The van der Waals surface area contributed by atoms with E-state index in [0.717, 1.165) is 30.6 Å². The van der Waals surface area contributed by atoms with E-state index in [1.165, 1.54) is 11.1 Å². The zero-order valence-electron chi connectivity index (χ0n) is 14.0. The van der Waals surface area contributed by atoms with E-state index in [1.807, 2.05) is 30.3 Å². The van der Waals surface area contributed by atoms with Gasteiger partial charge in [0.1, 0.15) is 0 Å². The molecule has 0 bridgehead atoms. The molecule has 0 amide bonds. The van der Waals surface area contributed by atoms with Crippen LogP contribution in [0.3, 0.4) is 0 Å². The summed E-state index contributed by atoms with van der Waals surface area (Å²) in [5.41, 5.74) is 12.6. The third kappa shape index (κ3) is 3.17. The molecule has 0 spiro atoms. The van der Waals surface area contributed by atoms with Crippen LogP contribution in [0.1, 0.15) is 29.2 Å². The van der Waals surface area contributed by atoms with Crippen LogP contribution in [0.5, 0.6) is 11.5 Å². The van der Waals surface area contributed by atoms with E-state index in [4.69, 9.17) is 15.0 Å². The number of ether oxygens (including phenoxy) is 2. The zero-order valence-corrected chi connectivity index (χ0v) is 14.0. The molecule has 1 aliphatic rings. The smallest absolute Gasteiger partial charge is 0.161 e. The van der Waals surface area contributed by atoms with E-state index in [1.54, 1.807) is 14.2 Å². The monoisotopic (exact) mass is 323 g/mol. The van der Waals surface area contributed by atoms with Gasteiger partial charge in [0.2, 0.25) is 0 Å². The molecule has 0 fully saturated rings. The largest absolute Gasteiger partial charge is 0.493 e. The van der Waals surface area contributed by atoms with Crippen molar-refractivity contribution in [2.45, 2.75) is 25.3 Å². The molecule has 3 rings (SSSR count). The van der Waals surface area contributed by atoms with Gasteiger partial charge < -0.3 is 9.47 Å². The Labute approximate surface area is 141 Å². The molecule has 0 heterocycles. The lowest BCUT2D eigenvalue weighted by molar-refractivity contribution is 0.344. The highest BCUT2D eigenvalue weighted by molar-refractivity contribution is 5.49. The van der Waals surface area contributed by atoms with Crippen molar-refractivity contribution in [1.29, 1.82) is 0 Å². The molecule has 5 heteroatoms. The van der Waals surface area contributed by atoms with E-state index in [9.17, 15) is 0 Å². The second kappa shape index (κ2) is 7.28. The summed E-state index contributed by atoms with van der Waals surface area (Å²) in [6.07, 6.45) is 2.84. The molecular formula is C19H21N3O2. The second-order valence-electron chi connectivity index (χ2n) is 6.04. The van der Waals surface area contributed by atoms with Gasteiger partial charge in [-0.05, 0) is 59.5 Å². The molecule has 0 aliphatic heterocycles. The van der Waals surface area contributed by atoms with Gasteiger partial charge in [-0.3, -0.25) is 0 Å². The molecule has 2 atom stereocenters. The van der Waals surface area contributed by atoms with Gasteiger partial charge in [0, 0.05) is 4.91 Å². The number of methoxy groups -OCH3 is 2. The SMILES string of the molecule is COc1cc2c(cc1OC)C(N=[N+]=[N-])C(Cc1ccccc1)CC2. The van der Waals surface area contributed by atoms with Crippen molar-refractivity contribution >= 4 is 0 Å². The Kier molecular flexibility index (Phi) is 4.92. The van der Waals surface area contributed by atoms with Crippen molar-refractivity contribution in [2.24, 2.45) is 11.0 Å². The number of nitrogens with zero attached hydrogens (tertiary/aromatic N) is 3. The van der Waals surface area contributed by atoms with Gasteiger partial charge >= 0.3 is 0 Å². The Morgan fingerprint density at radius 1 is 1.12 bits per heavy atom. The summed E-state index contributed by atoms with van der Waals surface area (Å²) in [7, 11) is 3.26. The fourth-order valence-electron chi connectivity index (χ4n) is 3.52. The number of azide groups is 1. The van der Waals surface area contributed by atoms with Gasteiger partial charge in [0.15, 0.2) is 11.5 Å². The number of aryl methyl sites for hydroxylation is 1. The molecule has 2 aromatic rings. The summed E-state index contributed by atoms with van der Waals surface area (Å²) in [5, 5.41) is 4.12. The van der Waals surface area contributed by atoms with Gasteiger partial charge in [0.05, 0.1) is 20.3 Å². The van der Waals surface area contributed by atoms with E-state index >= 15 is 0 Å². The first kappa shape index (κ1) is 16.2. The van der Waals surface area contributed by atoms with Gasteiger partial charge in [-0.15, -0.1) is 0 Å². The van der Waals surface area contributed by atoms with Gasteiger partial charge in [0.25, 0.3) is 0 Å². The predicted octanol–water partition coefficient (Wildman–Crippen LogP) is 4.86. The predicted molar refractivity (Wildman–Crippen MR) is 93.4 cm³/mol. The number of hydrogen-bond acceptors (Lipinski definition) is 3. The highest BCUT2D eigenvalue weighted by atomic mass is 16.5. The topological polar surface area (TPSA) is 67.2 Å². The van der Waals surface area contributed by atoms with Gasteiger partial charge in [-0.25, -0.2) is 0 Å². The summed E-state index contributed by atoms with van der Waals surface area (Å²) >= 11 is 0. The minimum absolute atomic E-state index is 0.182. The van der Waals surface area contributed by atoms with E-state index in [0.29, 0.717) is 5.75 Å². The van der Waals surface area contributed by atoms with E-state index in [2.05, 4.69) is 22.2 Å². The second-order valence-corrected chi connectivity index (χ2v) is 6.04. The van der Waals surface area contributed by atoms with E-state index < -0.39 is 0 Å². The van der Waals surface area contributed by atoms with Crippen molar-refractivity contribution in [3.8, 4) is 11.5 Å². The lowest BCUT2D eigenvalue weighted by Crippen LogP contribution is -2.21. The summed E-state index contributed by atoms with van der Waals surface area (Å²) < 4.78 is 10.8. The zero-order chi connectivity index (χ0) is 16.9. The number of rotatable bonds is 5. The van der Waals surface area contributed by atoms with Crippen LogP contribution >= 0.6 is 0 Å². The average molecular weight is 323 g/mol. The Balaban J connectivity index is 1.97. The van der Waals surface area contributed by atoms with Crippen molar-refractivity contribution in [1.82, 2.24) is 0 Å². The Hall–Kier alpha value is -2.65. The Morgan fingerprint density at radius 3 is 2.50 bits per heavy atom. The summed E-state index contributed by atoms with van der Waals surface area (Å²) in [6, 6.07) is 14.1. The molecule has 1 aliphatic carbocycles. The van der Waals surface area contributed by atoms with E-state index in [-0.39, 0.29) is 12.0 Å². The van der Waals surface area contributed by atoms with Crippen LogP contribution in [-0.4, -0.2) is 14.2 Å². The van der Waals surface area contributed by atoms with Gasteiger partial charge in [-0.2, -0.15) is 0 Å². The molecule has 0 radical (unpaired) electrons. The quantitative estimate of drug-likeness (QED) is 0.448. The first-order valence-electron chi connectivity index (χ1n) is 8.09. The lowest BCUT2D eigenvalue weighted by Gasteiger charge is -2.31. The Bertz CT molecular complexity index is 755. The third-order valence-corrected chi connectivity index (χ3v) is 4.71. The highest BCUT2D eigenvalue weighted by Crippen LogP contribution is 2.43.